The van der Waals surface area contributed by atoms with Crippen LogP contribution in [0.4, 0.5) is 4.79 Å². The highest BCUT2D eigenvalue weighted by atomic mass is 16.6. The minimum atomic E-state index is -0.738. The number of unbranched alkanes of at least 4 members (excludes halogenated alkanes) is 1. The van der Waals surface area contributed by atoms with Crippen molar-refractivity contribution in [3.63, 3.8) is 0 Å². The summed E-state index contributed by atoms with van der Waals surface area (Å²) in [5.74, 6) is -0.134. The fraction of sp³-hybridized carbons (Fsp3) is 0.462. The summed E-state index contributed by atoms with van der Waals surface area (Å²) in [5.41, 5.74) is 1.97. The van der Waals surface area contributed by atoms with Crippen molar-refractivity contribution in [2.45, 2.75) is 64.3 Å². The normalized spacial score (nSPS) is 18.9. The number of nitrogens with zero attached hydrogens (tertiary/aromatic N) is 2. The van der Waals surface area contributed by atoms with E-state index >= 15 is 0 Å². The molecule has 2 aromatic carbocycles. The molecule has 1 aliphatic heterocycles. The molecule has 0 aromatic heterocycles. The summed E-state index contributed by atoms with van der Waals surface area (Å²) in [6.07, 6.45) is 1.82. The summed E-state index contributed by atoms with van der Waals surface area (Å²) in [4.78, 5) is 29.7. The Balaban J connectivity index is 1.76. The lowest BCUT2D eigenvalue weighted by molar-refractivity contribution is -0.138. The van der Waals surface area contributed by atoms with E-state index in [0.29, 0.717) is 6.54 Å². The maximum Gasteiger partial charge on any atom is 0.410 e. The molecule has 1 saturated heterocycles. The second-order valence-corrected chi connectivity index (χ2v) is 8.29. The van der Waals surface area contributed by atoms with Crippen LogP contribution in [0, 0.1) is 0 Å². The molecule has 2 amide bonds. The molecular formula is C26H34N2O4. The predicted molar refractivity (Wildman–Crippen MR) is 124 cm³/mol. The van der Waals surface area contributed by atoms with Gasteiger partial charge in [-0.2, -0.15) is 0 Å². The number of carbonyl (C=O) groups excluding carboxylic acids is 2. The molecule has 3 rings (SSSR count). The lowest BCUT2D eigenvalue weighted by Crippen LogP contribution is -2.49. The molecule has 1 N–H and O–H groups in total. The second kappa shape index (κ2) is 11.7. The van der Waals surface area contributed by atoms with Gasteiger partial charge in [0.25, 0.3) is 0 Å². The van der Waals surface area contributed by atoms with Gasteiger partial charge in [0.1, 0.15) is 12.6 Å². The van der Waals surface area contributed by atoms with E-state index in [4.69, 9.17) is 4.74 Å². The van der Waals surface area contributed by atoms with Crippen molar-refractivity contribution >= 4 is 12.0 Å². The van der Waals surface area contributed by atoms with E-state index in [2.05, 4.69) is 6.92 Å². The fourth-order valence-electron chi connectivity index (χ4n) is 4.35. The molecule has 3 atom stereocenters. The smallest absolute Gasteiger partial charge is 0.410 e. The Morgan fingerprint density at radius 2 is 1.75 bits per heavy atom. The van der Waals surface area contributed by atoms with Crippen LogP contribution in [-0.4, -0.2) is 52.1 Å². The third-order valence-corrected chi connectivity index (χ3v) is 6.02. The SMILES string of the molecule is CCCCC(c1ccccc1)N(CC)C(=O)[C@@H]1CC(O)CN1C(=O)OCc1ccccc1. The molecule has 172 valence electrons. The largest absolute Gasteiger partial charge is 0.445 e. The molecule has 0 saturated carbocycles. The molecule has 32 heavy (non-hydrogen) atoms. The molecule has 6 heteroatoms. The van der Waals surface area contributed by atoms with E-state index in [1.165, 1.54) is 4.90 Å². The van der Waals surface area contributed by atoms with E-state index in [-0.39, 0.29) is 31.5 Å². The first-order chi connectivity index (χ1) is 15.5. The van der Waals surface area contributed by atoms with Gasteiger partial charge in [0.05, 0.1) is 18.7 Å². The summed E-state index contributed by atoms with van der Waals surface area (Å²) in [6, 6.07) is 18.7. The predicted octanol–water partition coefficient (Wildman–Crippen LogP) is 4.54. The Kier molecular flexibility index (Phi) is 8.68. The minimum Gasteiger partial charge on any atom is -0.445 e. The number of rotatable bonds is 9. The molecule has 1 fully saturated rings. The van der Waals surface area contributed by atoms with Crippen molar-refractivity contribution in [2.75, 3.05) is 13.1 Å². The van der Waals surface area contributed by atoms with Crippen LogP contribution in [0.1, 0.15) is 56.7 Å². The molecule has 0 radical (unpaired) electrons. The number of hydrogen-bond acceptors (Lipinski definition) is 4. The number of amides is 2. The Hall–Kier alpha value is -2.86. The van der Waals surface area contributed by atoms with Crippen molar-refractivity contribution in [2.24, 2.45) is 0 Å². The highest BCUT2D eigenvalue weighted by molar-refractivity contribution is 5.86. The Morgan fingerprint density at radius 3 is 2.38 bits per heavy atom. The number of ether oxygens (including phenoxy) is 1. The van der Waals surface area contributed by atoms with Gasteiger partial charge in [-0.25, -0.2) is 4.79 Å². The summed E-state index contributed by atoms with van der Waals surface area (Å²) in [6.45, 7) is 4.86. The average molecular weight is 439 g/mol. The number of hydrogen-bond donors (Lipinski definition) is 1. The van der Waals surface area contributed by atoms with Crippen LogP contribution in [0.25, 0.3) is 0 Å². The van der Waals surface area contributed by atoms with Crippen molar-refractivity contribution in [3.8, 4) is 0 Å². The Morgan fingerprint density at radius 1 is 1.09 bits per heavy atom. The minimum absolute atomic E-state index is 0.0615. The molecule has 0 bridgehead atoms. The van der Waals surface area contributed by atoms with E-state index < -0.39 is 18.2 Å². The van der Waals surface area contributed by atoms with Crippen LogP contribution in [0.2, 0.25) is 0 Å². The second-order valence-electron chi connectivity index (χ2n) is 8.29. The maximum atomic E-state index is 13.7. The van der Waals surface area contributed by atoms with Crippen LogP contribution >= 0.6 is 0 Å². The number of benzene rings is 2. The van der Waals surface area contributed by atoms with Gasteiger partial charge in [-0.3, -0.25) is 9.69 Å². The first kappa shape index (κ1) is 23.8. The van der Waals surface area contributed by atoms with E-state index in [1.807, 2.05) is 72.5 Å². The quantitative estimate of drug-likeness (QED) is 0.624. The van der Waals surface area contributed by atoms with Gasteiger partial charge in [0, 0.05) is 13.0 Å². The Labute approximate surface area is 190 Å². The average Bonchev–Trinajstić information content (AvgIpc) is 3.23. The highest BCUT2D eigenvalue weighted by Crippen LogP contribution is 2.30. The molecule has 1 heterocycles. The topological polar surface area (TPSA) is 70.1 Å². The molecule has 1 aliphatic rings. The zero-order valence-corrected chi connectivity index (χ0v) is 19.0. The molecule has 2 unspecified atom stereocenters. The monoisotopic (exact) mass is 438 g/mol. The summed E-state index contributed by atoms with van der Waals surface area (Å²) >= 11 is 0. The summed E-state index contributed by atoms with van der Waals surface area (Å²) in [7, 11) is 0. The van der Waals surface area contributed by atoms with Crippen LogP contribution in [0.15, 0.2) is 60.7 Å². The number of likely N-dealkylation sites (tertiary alicyclic amines) is 1. The molecular weight excluding hydrogens is 404 g/mol. The highest BCUT2D eigenvalue weighted by Gasteiger charge is 2.42. The third-order valence-electron chi connectivity index (χ3n) is 6.02. The van der Waals surface area contributed by atoms with Crippen LogP contribution in [0.3, 0.4) is 0 Å². The van der Waals surface area contributed by atoms with Crippen molar-refractivity contribution in [3.05, 3.63) is 71.8 Å². The zero-order valence-electron chi connectivity index (χ0n) is 19.0. The van der Waals surface area contributed by atoms with Gasteiger partial charge in [-0.05, 0) is 24.5 Å². The van der Waals surface area contributed by atoms with E-state index in [0.717, 1.165) is 30.4 Å². The molecule has 0 aliphatic carbocycles. The summed E-state index contributed by atoms with van der Waals surface area (Å²) < 4.78 is 5.47. The number of aliphatic hydroxyl groups excluding tert-OH is 1. The summed E-state index contributed by atoms with van der Waals surface area (Å²) in [5, 5.41) is 10.3. The standard InChI is InChI=1S/C26H34N2O4/c1-3-5-16-23(21-14-10-7-11-15-21)27(4-2)25(30)24-17-22(29)18-28(24)26(31)32-19-20-12-8-6-9-13-20/h6-15,22-24,29H,3-5,16-19H2,1-2H3/t22?,23?,24-/m0/s1. The van der Waals surface area contributed by atoms with Gasteiger partial charge in [0.15, 0.2) is 0 Å². The van der Waals surface area contributed by atoms with Gasteiger partial charge in [0.2, 0.25) is 5.91 Å². The lowest BCUT2D eigenvalue weighted by Gasteiger charge is -2.35. The van der Waals surface area contributed by atoms with Gasteiger partial charge >= 0.3 is 6.09 Å². The maximum absolute atomic E-state index is 13.7. The number of β-amino-alcohol motifs (C(OH)–C–C–N with tert-alkyl or cyclic N) is 1. The molecule has 2 aromatic rings. The first-order valence-corrected chi connectivity index (χ1v) is 11.6. The van der Waals surface area contributed by atoms with Crippen molar-refractivity contribution in [1.82, 2.24) is 9.80 Å². The van der Waals surface area contributed by atoms with E-state index in [9.17, 15) is 14.7 Å². The van der Waals surface area contributed by atoms with Crippen LogP contribution < -0.4 is 0 Å². The zero-order chi connectivity index (χ0) is 22.9. The third kappa shape index (κ3) is 5.88. The van der Waals surface area contributed by atoms with Crippen molar-refractivity contribution < 1.29 is 19.4 Å². The van der Waals surface area contributed by atoms with Gasteiger partial charge < -0.3 is 14.7 Å². The number of likely N-dealkylation sites (N-methyl/N-ethyl adjacent to an activating group) is 1. The van der Waals surface area contributed by atoms with Crippen molar-refractivity contribution in [1.29, 1.82) is 0 Å². The molecule has 0 spiro atoms. The fourth-order valence-corrected chi connectivity index (χ4v) is 4.35. The molecule has 6 nitrogen and oxygen atoms in total. The van der Waals surface area contributed by atoms with Crippen LogP contribution in [0.5, 0.6) is 0 Å². The van der Waals surface area contributed by atoms with Gasteiger partial charge in [-0.15, -0.1) is 0 Å². The van der Waals surface area contributed by atoms with E-state index in [1.54, 1.807) is 0 Å². The lowest BCUT2D eigenvalue weighted by atomic mass is 9.98. The van der Waals surface area contributed by atoms with Crippen LogP contribution in [-0.2, 0) is 16.1 Å². The number of aliphatic hydroxyl groups is 1. The first-order valence-electron chi connectivity index (χ1n) is 11.6. The number of carbonyl (C=O) groups is 2. The van der Waals surface area contributed by atoms with Gasteiger partial charge in [-0.1, -0.05) is 80.4 Å². The Bertz CT molecular complexity index is 859.